The fraction of sp³-hybridized carbons (Fsp3) is 0.625. The van der Waals surface area contributed by atoms with Crippen LogP contribution in [0.2, 0.25) is 0 Å². The van der Waals surface area contributed by atoms with E-state index in [0.29, 0.717) is 34.6 Å². The van der Waals surface area contributed by atoms with Gasteiger partial charge in [0, 0.05) is 11.8 Å². The molecule has 2 rings (SSSR count). The maximum Gasteiger partial charge on any atom is 0.258 e. The molecule has 0 saturated carbocycles. The second-order valence-corrected chi connectivity index (χ2v) is 7.16. The Morgan fingerprint density at radius 3 is 2.59 bits per heavy atom. The molecule has 22 heavy (non-hydrogen) atoms. The van der Waals surface area contributed by atoms with Crippen LogP contribution < -0.4 is 5.32 Å². The Balaban J connectivity index is 2.12. The van der Waals surface area contributed by atoms with Gasteiger partial charge in [0.05, 0.1) is 11.4 Å². The normalized spacial score (nSPS) is 19.5. The molecular formula is C16H24N2O3S. The molecule has 0 unspecified atom stereocenters. The lowest BCUT2D eigenvalue weighted by Gasteiger charge is -2.25. The summed E-state index contributed by atoms with van der Waals surface area (Å²) in [6.45, 7) is 9.71. The SMILES string of the molecule is Cc1cc(C(=O)N2CSC[C@@H]2C(=O)N[C@@H](C)C(C)C)c(C)o1. The molecule has 5 nitrogen and oxygen atoms in total. The number of thioether (sulfide) groups is 1. The number of carbonyl (C=O) groups excluding carboxylic acids is 2. The van der Waals surface area contributed by atoms with Crippen molar-refractivity contribution >= 4 is 23.6 Å². The number of amides is 2. The van der Waals surface area contributed by atoms with Crippen molar-refractivity contribution in [3.8, 4) is 0 Å². The number of furan rings is 1. The molecule has 0 aromatic carbocycles. The zero-order valence-electron chi connectivity index (χ0n) is 13.8. The van der Waals surface area contributed by atoms with Crippen LogP contribution >= 0.6 is 11.8 Å². The maximum atomic E-state index is 12.7. The molecule has 1 aromatic rings. The zero-order chi connectivity index (χ0) is 16.4. The van der Waals surface area contributed by atoms with Crippen LogP contribution in [0, 0.1) is 19.8 Å². The quantitative estimate of drug-likeness (QED) is 0.924. The van der Waals surface area contributed by atoms with E-state index in [0.717, 1.165) is 0 Å². The van der Waals surface area contributed by atoms with Crippen molar-refractivity contribution in [1.82, 2.24) is 10.2 Å². The molecule has 2 heterocycles. The lowest BCUT2D eigenvalue weighted by molar-refractivity contribution is -0.125. The molecule has 1 aliphatic rings. The summed E-state index contributed by atoms with van der Waals surface area (Å²) in [5.74, 6) is 2.65. The van der Waals surface area contributed by atoms with Gasteiger partial charge >= 0.3 is 0 Å². The van der Waals surface area contributed by atoms with Crippen molar-refractivity contribution < 1.29 is 14.0 Å². The molecule has 6 heteroatoms. The number of aryl methyl sites for hydroxylation is 2. The van der Waals surface area contributed by atoms with E-state index in [-0.39, 0.29) is 17.9 Å². The van der Waals surface area contributed by atoms with Gasteiger partial charge in [-0.2, -0.15) is 0 Å². The van der Waals surface area contributed by atoms with Gasteiger partial charge in [-0.3, -0.25) is 9.59 Å². The van der Waals surface area contributed by atoms with Gasteiger partial charge in [-0.15, -0.1) is 11.8 Å². The topological polar surface area (TPSA) is 62.6 Å². The summed E-state index contributed by atoms with van der Waals surface area (Å²) in [5, 5.41) is 3.01. The van der Waals surface area contributed by atoms with Gasteiger partial charge < -0.3 is 14.6 Å². The molecule has 0 aliphatic carbocycles. The Bertz CT molecular complexity index is 568. The highest BCUT2D eigenvalue weighted by Gasteiger charge is 2.36. The molecule has 1 aromatic heterocycles. The van der Waals surface area contributed by atoms with E-state index in [1.165, 1.54) is 0 Å². The van der Waals surface area contributed by atoms with Crippen LogP contribution in [0.15, 0.2) is 10.5 Å². The molecular weight excluding hydrogens is 300 g/mol. The number of nitrogens with zero attached hydrogens (tertiary/aromatic N) is 1. The van der Waals surface area contributed by atoms with E-state index in [9.17, 15) is 9.59 Å². The summed E-state index contributed by atoms with van der Waals surface area (Å²) in [5.41, 5.74) is 0.551. The van der Waals surface area contributed by atoms with Crippen molar-refractivity contribution in [3.63, 3.8) is 0 Å². The summed E-state index contributed by atoms with van der Waals surface area (Å²) in [6, 6.07) is 1.42. The molecule has 0 spiro atoms. The lowest BCUT2D eigenvalue weighted by atomic mass is 10.1. The van der Waals surface area contributed by atoms with E-state index in [1.54, 1.807) is 29.7 Å². The molecule has 0 bridgehead atoms. The second kappa shape index (κ2) is 6.77. The highest BCUT2D eigenvalue weighted by Crippen LogP contribution is 2.25. The number of nitrogens with one attached hydrogen (secondary N) is 1. The predicted octanol–water partition coefficient (Wildman–Crippen LogP) is 2.57. The molecule has 1 saturated heterocycles. The van der Waals surface area contributed by atoms with E-state index >= 15 is 0 Å². The van der Waals surface area contributed by atoms with Gasteiger partial charge in [0.1, 0.15) is 17.6 Å². The van der Waals surface area contributed by atoms with E-state index in [4.69, 9.17) is 4.42 Å². The highest BCUT2D eigenvalue weighted by molar-refractivity contribution is 7.99. The lowest BCUT2D eigenvalue weighted by Crippen LogP contribution is -2.50. The molecule has 122 valence electrons. The number of carbonyl (C=O) groups is 2. The average Bonchev–Trinajstić information content (AvgIpc) is 3.04. The van der Waals surface area contributed by atoms with Gasteiger partial charge in [-0.05, 0) is 32.8 Å². The Morgan fingerprint density at radius 2 is 2.05 bits per heavy atom. The Labute approximate surface area is 135 Å². The van der Waals surface area contributed by atoms with Gasteiger partial charge in [-0.25, -0.2) is 0 Å². The Kier molecular flexibility index (Phi) is 5.21. The zero-order valence-corrected chi connectivity index (χ0v) is 14.6. The first kappa shape index (κ1) is 16.9. The molecule has 1 N–H and O–H groups in total. The largest absolute Gasteiger partial charge is 0.466 e. The van der Waals surface area contributed by atoms with Gasteiger partial charge in [0.25, 0.3) is 5.91 Å². The van der Waals surface area contributed by atoms with E-state index < -0.39 is 6.04 Å². The van der Waals surface area contributed by atoms with Crippen molar-refractivity contribution in [1.29, 1.82) is 0 Å². The number of hydrogen-bond acceptors (Lipinski definition) is 4. The van der Waals surface area contributed by atoms with Crippen molar-refractivity contribution in [2.75, 3.05) is 11.6 Å². The van der Waals surface area contributed by atoms with Crippen molar-refractivity contribution in [2.24, 2.45) is 5.92 Å². The van der Waals surface area contributed by atoms with E-state index in [2.05, 4.69) is 19.2 Å². The van der Waals surface area contributed by atoms with Crippen LogP contribution in [0.1, 0.15) is 42.6 Å². The summed E-state index contributed by atoms with van der Waals surface area (Å²) in [6.07, 6.45) is 0. The predicted molar refractivity (Wildman–Crippen MR) is 87.9 cm³/mol. The van der Waals surface area contributed by atoms with Crippen LogP contribution in [-0.4, -0.2) is 40.4 Å². The van der Waals surface area contributed by atoms with Gasteiger partial charge in [-0.1, -0.05) is 13.8 Å². The molecule has 1 aliphatic heterocycles. The summed E-state index contributed by atoms with van der Waals surface area (Å²) >= 11 is 1.60. The fourth-order valence-corrected chi connectivity index (χ4v) is 3.50. The Hall–Kier alpha value is -1.43. The first-order valence-electron chi connectivity index (χ1n) is 7.57. The third-order valence-corrected chi connectivity index (χ3v) is 5.10. The summed E-state index contributed by atoms with van der Waals surface area (Å²) < 4.78 is 5.43. The maximum absolute atomic E-state index is 12.7. The van der Waals surface area contributed by atoms with Crippen LogP contribution in [-0.2, 0) is 4.79 Å². The minimum Gasteiger partial charge on any atom is -0.466 e. The fourth-order valence-electron chi connectivity index (χ4n) is 2.35. The van der Waals surface area contributed by atoms with Crippen molar-refractivity contribution in [3.05, 3.63) is 23.2 Å². The highest BCUT2D eigenvalue weighted by atomic mass is 32.2. The average molecular weight is 324 g/mol. The van der Waals surface area contributed by atoms with Crippen molar-refractivity contribution in [2.45, 2.75) is 46.7 Å². The molecule has 1 fully saturated rings. The first-order valence-corrected chi connectivity index (χ1v) is 8.72. The molecule has 2 amide bonds. The van der Waals surface area contributed by atoms with Gasteiger partial charge in [0.2, 0.25) is 5.91 Å². The second-order valence-electron chi connectivity index (χ2n) is 6.16. The van der Waals surface area contributed by atoms with Gasteiger partial charge in [0.15, 0.2) is 0 Å². The monoisotopic (exact) mass is 324 g/mol. The minimum atomic E-state index is -0.409. The molecule has 2 atom stereocenters. The van der Waals surface area contributed by atoms with Crippen LogP contribution in [0.4, 0.5) is 0 Å². The number of rotatable bonds is 4. The van der Waals surface area contributed by atoms with E-state index in [1.807, 2.05) is 13.8 Å². The smallest absolute Gasteiger partial charge is 0.258 e. The molecule has 0 radical (unpaired) electrons. The third kappa shape index (κ3) is 3.48. The van der Waals surface area contributed by atoms with Crippen LogP contribution in [0.5, 0.6) is 0 Å². The third-order valence-electron chi connectivity index (χ3n) is 4.09. The Morgan fingerprint density at radius 1 is 1.36 bits per heavy atom. The summed E-state index contributed by atoms with van der Waals surface area (Å²) in [4.78, 5) is 26.8. The summed E-state index contributed by atoms with van der Waals surface area (Å²) in [7, 11) is 0. The standard InChI is InChI=1S/C16H24N2O3S/c1-9(2)11(4)17-15(19)14-7-22-8-18(14)16(20)13-6-10(3)21-12(13)5/h6,9,11,14H,7-8H2,1-5H3,(H,17,19)/t11-,14+/m0/s1. The minimum absolute atomic E-state index is 0.0718. The first-order chi connectivity index (χ1) is 10.3. The van der Waals surface area contributed by atoms with Crippen LogP contribution in [0.3, 0.4) is 0 Å². The number of hydrogen-bond donors (Lipinski definition) is 1. The van der Waals surface area contributed by atoms with Crippen LogP contribution in [0.25, 0.3) is 0 Å².